The topological polar surface area (TPSA) is 38.5 Å². The highest BCUT2D eigenvalue weighted by molar-refractivity contribution is 4.76. The van der Waals surface area contributed by atoms with Crippen molar-refractivity contribution in [2.75, 3.05) is 33.4 Å². The molecule has 0 saturated carbocycles. The number of nitrogens with two attached hydrogens (primary N) is 1. The smallest absolute Gasteiger partial charge is 0.0477 e. The van der Waals surface area contributed by atoms with E-state index < -0.39 is 0 Å². The Hall–Kier alpha value is -0.120. The molecule has 3 heteroatoms. The molecule has 2 unspecified atom stereocenters. The average Bonchev–Trinajstić information content (AvgIpc) is 2.48. The standard InChI is InChI=1S/C10H22N2O/c1-9-3-5-12(7-9)8-10(11)4-6-13-2/h9-10H,3-8,11H2,1-2H3. The first kappa shape index (κ1) is 11.0. The normalized spacial score (nSPS) is 26.5. The van der Waals surface area contributed by atoms with Crippen LogP contribution < -0.4 is 5.73 Å². The molecule has 78 valence electrons. The zero-order valence-corrected chi connectivity index (χ0v) is 8.83. The SMILES string of the molecule is COCCC(N)CN1CCC(C)C1. The molecule has 0 radical (unpaired) electrons. The van der Waals surface area contributed by atoms with Gasteiger partial charge in [0, 0.05) is 32.8 Å². The Morgan fingerprint density at radius 3 is 2.92 bits per heavy atom. The van der Waals surface area contributed by atoms with E-state index in [1.54, 1.807) is 7.11 Å². The van der Waals surface area contributed by atoms with E-state index in [0.29, 0.717) is 0 Å². The number of methoxy groups -OCH3 is 1. The van der Waals surface area contributed by atoms with Gasteiger partial charge in [-0.1, -0.05) is 6.92 Å². The van der Waals surface area contributed by atoms with Crippen LogP contribution in [0.4, 0.5) is 0 Å². The van der Waals surface area contributed by atoms with Crippen LogP contribution in [0.1, 0.15) is 19.8 Å². The summed E-state index contributed by atoms with van der Waals surface area (Å²) in [4.78, 5) is 2.46. The molecule has 0 aromatic heterocycles. The highest BCUT2D eigenvalue weighted by atomic mass is 16.5. The average molecular weight is 186 g/mol. The van der Waals surface area contributed by atoms with E-state index in [1.807, 2.05) is 0 Å². The minimum absolute atomic E-state index is 0.283. The van der Waals surface area contributed by atoms with Gasteiger partial charge in [-0.25, -0.2) is 0 Å². The van der Waals surface area contributed by atoms with Crippen molar-refractivity contribution in [2.45, 2.75) is 25.8 Å². The largest absolute Gasteiger partial charge is 0.385 e. The summed E-state index contributed by atoms with van der Waals surface area (Å²) in [5.74, 6) is 0.856. The maximum Gasteiger partial charge on any atom is 0.0477 e. The predicted octanol–water partition coefficient (Wildman–Crippen LogP) is 0.692. The second-order valence-electron chi connectivity index (χ2n) is 4.19. The van der Waals surface area contributed by atoms with Gasteiger partial charge in [0.05, 0.1) is 0 Å². The van der Waals surface area contributed by atoms with Crippen molar-refractivity contribution >= 4 is 0 Å². The van der Waals surface area contributed by atoms with Crippen molar-refractivity contribution in [3.05, 3.63) is 0 Å². The third-order valence-corrected chi connectivity index (χ3v) is 2.69. The lowest BCUT2D eigenvalue weighted by Crippen LogP contribution is -2.36. The fraction of sp³-hybridized carbons (Fsp3) is 1.00. The van der Waals surface area contributed by atoms with Crippen LogP contribution in [-0.2, 0) is 4.74 Å². The molecule has 0 aliphatic carbocycles. The Bertz CT molecular complexity index is 141. The molecule has 0 aromatic rings. The highest BCUT2D eigenvalue weighted by Crippen LogP contribution is 2.14. The minimum atomic E-state index is 0.283. The van der Waals surface area contributed by atoms with Crippen LogP contribution in [0.2, 0.25) is 0 Å². The van der Waals surface area contributed by atoms with Gasteiger partial charge in [-0.05, 0) is 25.3 Å². The number of nitrogens with zero attached hydrogens (tertiary/aromatic N) is 1. The molecule has 0 aromatic carbocycles. The number of hydrogen-bond acceptors (Lipinski definition) is 3. The Balaban J connectivity index is 2.09. The van der Waals surface area contributed by atoms with Crippen LogP contribution in [0.5, 0.6) is 0 Å². The van der Waals surface area contributed by atoms with Crippen LogP contribution in [-0.4, -0.2) is 44.3 Å². The van der Waals surface area contributed by atoms with Crippen LogP contribution in [0.15, 0.2) is 0 Å². The molecule has 1 rings (SSSR count). The zero-order chi connectivity index (χ0) is 9.68. The Labute approximate surface area is 81.2 Å². The predicted molar refractivity (Wildman–Crippen MR) is 54.7 cm³/mol. The maximum absolute atomic E-state index is 5.96. The van der Waals surface area contributed by atoms with Crippen LogP contribution in [0.3, 0.4) is 0 Å². The van der Waals surface area contributed by atoms with Crippen molar-refractivity contribution in [3.63, 3.8) is 0 Å². The summed E-state index contributed by atoms with van der Waals surface area (Å²) in [6, 6.07) is 0.283. The van der Waals surface area contributed by atoms with Gasteiger partial charge in [0.1, 0.15) is 0 Å². The van der Waals surface area contributed by atoms with E-state index in [0.717, 1.165) is 25.5 Å². The van der Waals surface area contributed by atoms with E-state index >= 15 is 0 Å². The van der Waals surface area contributed by atoms with E-state index in [9.17, 15) is 0 Å². The summed E-state index contributed by atoms with van der Waals surface area (Å²) in [7, 11) is 1.73. The molecule has 1 aliphatic heterocycles. The molecule has 3 nitrogen and oxygen atoms in total. The molecule has 1 saturated heterocycles. The molecular formula is C10H22N2O. The second kappa shape index (κ2) is 5.58. The highest BCUT2D eigenvalue weighted by Gasteiger charge is 2.19. The van der Waals surface area contributed by atoms with Gasteiger partial charge in [0.25, 0.3) is 0 Å². The monoisotopic (exact) mass is 186 g/mol. The van der Waals surface area contributed by atoms with Crippen molar-refractivity contribution in [1.82, 2.24) is 4.90 Å². The zero-order valence-electron chi connectivity index (χ0n) is 8.83. The van der Waals surface area contributed by atoms with Gasteiger partial charge in [-0.2, -0.15) is 0 Å². The number of likely N-dealkylation sites (tertiary alicyclic amines) is 1. The molecule has 0 bridgehead atoms. The molecule has 1 heterocycles. The molecule has 2 atom stereocenters. The van der Waals surface area contributed by atoms with E-state index in [4.69, 9.17) is 10.5 Å². The van der Waals surface area contributed by atoms with Gasteiger partial charge in [0.2, 0.25) is 0 Å². The van der Waals surface area contributed by atoms with Gasteiger partial charge in [0.15, 0.2) is 0 Å². The maximum atomic E-state index is 5.96. The van der Waals surface area contributed by atoms with Gasteiger partial charge in [-0.3, -0.25) is 0 Å². The Kier molecular flexibility index (Phi) is 4.70. The van der Waals surface area contributed by atoms with Crippen LogP contribution in [0.25, 0.3) is 0 Å². The summed E-state index contributed by atoms with van der Waals surface area (Å²) >= 11 is 0. The Morgan fingerprint density at radius 1 is 1.62 bits per heavy atom. The molecule has 13 heavy (non-hydrogen) atoms. The first-order chi connectivity index (χ1) is 6.22. The van der Waals surface area contributed by atoms with Gasteiger partial charge in [-0.15, -0.1) is 0 Å². The molecule has 0 spiro atoms. The summed E-state index contributed by atoms with van der Waals surface area (Å²) in [5, 5.41) is 0. The van der Waals surface area contributed by atoms with E-state index in [-0.39, 0.29) is 6.04 Å². The summed E-state index contributed by atoms with van der Waals surface area (Å²) in [6.45, 7) is 6.57. The van der Waals surface area contributed by atoms with Gasteiger partial charge >= 0.3 is 0 Å². The molecular weight excluding hydrogens is 164 g/mol. The van der Waals surface area contributed by atoms with Crippen LogP contribution in [0, 0.1) is 5.92 Å². The first-order valence-corrected chi connectivity index (χ1v) is 5.19. The minimum Gasteiger partial charge on any atom is -0.385 e. The summed E-state index contributed by atoms with van der Waals surface area (Å²) in [5.41, 5.74) is 5.96. The van der Waals surface area contributed by atoms with Crippen LogP contribution >= 0.6 is 0 Å². The summed E-state index contributed by atoms with van der Waals surface area (Å²) < 4.78 is 5.00. The third kappa shape index (κ3) is 4.07. The van der Waals surface area contributed by atoms with Crippen molar-refractivity contribution in [3.8, 4) is 0 Å². The fourth-order valence-corrected chi connectivity index (χ4v) is 1.88. The van der Waals surface area contributed by atoms with E-state index in [1.165, 1.54) is 19.5 Å². The number of hydrogen-bond donors (Lipinski definition) is 1. The summed E-state index contributed by atoms with van der Waals surface area (Å²) in [6.07, 6.45) is 2.30. The van der Waals surface area contributed by atoms with Crippen molar-refractivity contribution in [1.29, 1.82) is 0 Å². The lowest BCUT2D eigenvalue weighted by molar-refractivity contribution is 0.179. The fourth-order valence-electron chi connectivity index (χ4n) is 1.88. The quantitative estimate of drug-likeness (QED) is 0.686. The second-order valence-corrected chi connectivity index (χ2v) is 4.19. The Morgan fingerprint density at radius 2 is 2.38 bits per heavy atom. The lowest BCUT2D eigenvalue weighted by Gasteiger charge is -2.20. The first-order valence-electron chi connectivity index (χ1n) is 5.19. The third-order valence-electron chi connectivity index (χ3n) is 2.69. The van der Waals surface area contributed by atoms with E-state index in [2.05, 4.69) is 11.8 Å². The van der Waals surface area contributed by atoms with Crippen molar-refractivity contribution < 1.29 is 4.74 Å². The molecule has 1 fully saturated rings. The van der Waals surface area contributed by atoms with Gasteiger partial charge < -0.3 is 15.4 Å². The van der Waals surface area contributed by atoms with Crippen molar-refractivity contribution in [2.24, 2.45) is 11.7 Å². The molecule has 0 amide bonds. The lowest BCUT2D eigenvalue weighted by atomic mass is 10.2. The number of ether oxygens (including phenoxy) is 1. The number of rotatable bonds is 5. The molecule has 1 aliphatic rings. The molecule has 2 N–H and O–H groups in total.